The van der Waals surface area contributed by atoms with Crippen molar-refractivity contribution in [3.63, 3.8) is 0 Å². The summed E-state index contributed by atoms with van der Waals surface area (Å²) in [7, 11) is 4.48. The Morgan fingerprint density at radius 1 is 0.600 bits per heavy atom. The number of carbonyl (C=O) groups is 2. The summed E-state index contributed by atoms with van der Waals surface area (Å²) in [5.74, 6) is 0.555. The van der Waals surface area contributed by atoms with Gasteiger partial charge in [-0.2, -0.15) is 0 Å². The van der Waals surface area contributed by atoms with Gasteiger partial charge < -0.3 is 66.7 Å². The van der Waals surface area contributed by atoms with Crippen molar-refractivity contribution in [3.05, 3.63) is 0 Å². The van der Waals surface area contributed by atoms with Crippen molar-refractivity contribution in [1.29, 1.82) is 0 Å². The number of hydrogen-bond donors (Lipinski definition) is 0. The molecule has 0 spiro atoms. The molecule has 3 heterocycles. The van der Waals surface area contributed by atoms with Crippen LogP contribution >= 0.6 is 0 Å². The van der Waals surface area contributed by atoms with Crippen LogP contribution < -0.4 is 48.0 Å². The molecule has 3 aliphatic heterocycles. The molecule has 2 unspecified atom stereocenters. The Hall–Kier alpha value is 0.320. The third-order valence-corrected chi connectivity index (χ3v) is 8.16. The highest BCUT2D eigenvalue weighted by molar-refractivity contribution is 5.82. The van der Waals surface area contributed by atoms with E-state index in [0.29, 0.717) is 26.2 Å². The van der Waals surface area contributed by atoms with Gasteiger partial charge in [0, 0.05) is 26.2 Å². The second kappa shape index (κ2) is 12.0. The van der Waals surface area contributed by atoms with Gasteiger partial charge in [0.15, 0.2) is 12.1 Å². The van der Waals surface area contributed by atoms with E-state index in [2.05, 4.69) is 27.9 Å². The topological polar surface area (TPSA) is 40.6 Å². The molecule has 0 saturated carbocycles. The maximum atomic E-state index is 13.1. The highest BCUT2D eigenvalue weighted by atomic mass is 127. The molecule has 0 aromatic rings. The first-order chi connectivity index (χ1) is 13.3. The van der Waals surface area contributed by atoms with E-state index < -0.39 is 0 Å². The lowest BCUT2D eigenvalue weighted by Gasteiger charge is -2.46. The lowest BCUT2D eigenvalue weighted by atomic mass is 10.0. The zero-order valence-corrected chi connectivity index (χ0v) is 23.7. The van der Waals surface area contributed by atoms with Crippen molar-refractivity contribution in [2.45, 2.75) is 64.5 Å². The van der Waals surface area contributed by atoms with Crippen LogP contribution in [0.5, 0.6) is 0 Å². The Morgan fingerprint density at radius 2 is 0.867 bits per heavy atom. The van der Waals surface area contributed by atoms with Gasteiger partial charge in [-0.1, -0.05) is 0 Å². The number of likely N-dealkylation sites (tertiary alicyclic amines) is 2. The third-order valence-electron chi connectivity index (χ3n) is 8.16. The van der Waals surface area contributed by atoms with Crippen molar-refractivity contribution < 1.29 is 66.5 Å². The molecule has 6 nitrogen and oxygen atoms in total. The summed E-state index contributed by atoms with van der Waals surface area (Å²) in [6, 6.07) is 0.0542. The first kappa shape index (κ1) is 28.4. The van der Waals surface area contributed by atoms with Crippen molar-refractivity contribution in [3.8, 4) is 0 Å². The number of quaternary nitrogens is 2. The monoisotopic (exact) mass is 648 g/mol. The van der Waals surface area contributed by atoms with Crippen molar-refractivity contribution >= 4 is 11.8 Å². The summed E-state index contributed by atoms with van der Waals surface area (Å²) >= 11 is 0. The maximum absolute atomic E-state index is 13.1. The van der Waals surface area contributed by atoms with Crippen LogP contribution in [0, 0.1) is 0 Å². The smallest absolute Gasteiger partial charge is 0.280 e. The van der Waals surface area contributed by atoms with Crippen molar-refractivity contribution in [2.75, 3.05) is 66.5 Å². The molecule has 0 aromatic carbocycles. The number of hydrogen-bond acceptors (Lipinski definition) is 2. The van der Waals surface area contributed by atoms with E-state index in [-0.39, 0.29) is 71.9 Å². The van der Waals surface area contributed by atoms with E-state index in [1.165, 1.54) is 38.5 Å². The standard InChI is InChI=1S/C22H42N4O2.2HI/c1-19(25(3)15-7-5-8-16-25)21(27)23-11-13-24(14-12-23)22(28)20(2)26(4)17-9-6-10-18-26;;/h19-20H,5-18H2,1-4H3;2*1H/q+2;;/p-2. The van der Waals surface area contributed by atoms with Crippen LogP contribution in [-0.4, -0.2) is 109 Å². The molecular formula is C22H42I2N4O2. The number of amides is 2. The Balaban J connectivity index is 0.00000225. The lowest BCUT2D eigenvalue weighted by Crippen LogP contribution is -3.00. The van der Waals surface area contributed by atoms with E-state index in [4.69, 9.17) is 0 Å². The fraction of sp³-hybridized carbons (Fsp3) is 0.909. The lowest BCUT2D eigenvalue weighted by molar-refractivity contribution is -0.927. The number of nitrogens with zero attached hydrogens (tertiary/aromatic N) is 4. The summed E-state index contributed by atoms with van der Waals surface area (Å²) in [6.45, 7) is 11.4. The fourth-order valence-corrected chi connectivity index (χ4v) is 5.45. The number of rotatable bonds is 4. The van der Waals surface area contributed by atoms with Crippen molar-refractivity contribution in [2.24, 2.45) is 0 Å². The van der Waals surface area contributed by atoms with Gasteiger partial charge in [-0.3, -0.25) is 9.59 Å². The molecule has 0 bridgehead atoms. The highest BCUT2D eigenvalue weighted by Crippen LogP contribution is 2.24. The summed E-state index contributed by atoms with van der Waals surface area (Å²) in [4.78, 5) is 30.2. The van der Waals surface area contributed by atoms with Crippen LogP contribution in [0.4, 0.5) is 0 Å². The Labute approximate surface area is 217 Å². The molecule has 8 heteroatoms. The normalized spacial score (nSPS) is 25.3. The average Bonchev–Trinajstić information content (AvgIpc) is 2.73. The highest BCUT2D eigenvalue weighted by Gasteiger charge is 2.41. The molecule has 0 radical (unpaired) electrons. The van der Waals surface area contributed by atoms with Gasteiger partial charge >= 0.3 is 0 Å². The predicted molar refractivity (Wildman–Crippen MR) is 112 cm³/mol. The Morgan fingerprint density at radius 3 is 1.13 bits per heavy atom. The second-order valence-corrected chi connectivity index (χ2v) is 9.98. The predicted octanol–water partition coefficient (Wildman–Crippen LogP) is -4.30. The largest absolute Gasteiger partial charge is 1.00 e. The van der Waals surface area contributed by atoms with E-state index >= 15 is 0 Å². The number of halogens is 2. The van der Waals surface area contributed by atoms with Crippen LogP contribution in [-0.2, 0) is 9.59 Å². The summed E-state index contributed by atoms with van der Waals surface area (Å²) < 4.78 is 1.76. The number of likely N-dealkylation sites (N-methyl/N-ethyl adjacent to an activating group) is 2. The molecule has 3 rings (SSSR count). The zero-order chi connectivity index (χ0) is 20.4. The van der Waals surface area contributed by atoms with Crippen LogP contribution in [0.1, 0.15) is 52.4 Å². The number of piperidine rings is 2. The Kier molecular flexibility index (Phi) is 11.3. The van der Waals surface area contributed by atoms with Gasteiger partial charge in [0.1, 0.15) is 0 Å². The summed E-state index contributed by atoms with van der Waals surface area (Å²) in [6.07, 6.45) is 7.50. The van der Waals surface area contributed by atoms with Gasteiger partial charge in [0.05, 0.1) is 40.3 Å². The van der Waals surface area contributed by atoms with E-state index in [9.17, 15) is 9.59 Å². The molecule has 30 heavy (non-hydrogen) atoms. The zero-order valence-electron chi connectivity index (χ0n) is 19.4. The van der Waals surface area contributed by atoms with Gasteiger partial charge in [0.2, 0.25) is 0 Å². The first-order valence-corrected chi connectivity index (χ1v) is 11.5. The van der Waals surface area contributed by atoms with Gasteiger partial charge in [-0.15, -0.1) is 0 Å². The summed E-state index contributed by atoms with van der Waals surface area (Å²) in [5.41, 5.74) is 0. The van der Waals surface area contributed by atoms with Crippen LogP contribution in [0.2, 0.25) is 0 Å². The van der Waals surface area contributed by atoms with Crippen LogP contribution in [0.3, 0.4) is 0 Å². The minimum absolute atomic E-state index is 0. The molecule has 176 valence electrons. The molecule has 0 aromatic heterocycles. The minimum atomic E-state index is 0. The van der Waals surface area contributed by atoms with Gasteiger partial charge in [-0.25, -0.2) is 0 Å². The average molecular weight is 648 g/mol. The number of carbonyl (C=O) groups excluding carboxylic acids is 2. The van der Waals surface area contributed by atoms with E-state index in [0.717, 1.165) is 35.1 Å². The summed E-state index contributed by atoms with van der Waals surface area (Å²) in [5, 5.41) is 0. The van der Waals surface area contributed by atoms with Crippen molar-refractivity contribution in [1.82, 2.24) is 9.80 Å². The van der Waals surface area contributed by atoms with E-state index in [1.54, 1.807) is 0 Å². The van der Waals surface area contributed by atoms with Crippen LogP contribution in [0.15, 0.2) is 0 Å². The van der Waals surface area contributed by atoms with Gasteiger partial charge in [0.25, 0.3) is 11.8 Å². The third kappa shape index (κ3) is 6.21. The number of piperazine rings is 1. The molecule has 0 aliphatic carbocycles. The molecule has 3 saturated heterocycles. The Bertz CT molecular complexity index is 519. The van der Waals surface area contributed by atoms with Crippen LogP contribution in [0.25, 0.3) is 0 Å². The van der Waals surface area contributed by atoms with E-state index in [1.807, 2.05) is 9.80 Å². The minimum Gasteiger partial charge on any atom is -1.00 e. The second-order valence-electron chi connectivity index (χ2n) is 9.98. The molecule has 2 amide bonds. The molecule has 2 atom stereocenters. The fourth-order valence-electron chi connectivity index (χ4n) is 5.45. The maximum Gasteiger partial charge on any atom is 0.280 e. The SMILES string of the molecule is CC(C(=O)N1CCN(C(=O)C(C)[N+]2(C)CCCCC2)CC1)[N+]1(C)CCCCC1.[I-].[I-]. The quantitative estimate of drug-likeness (QED) is 0.229. The first-order valence-electron chi connectivity index (χ1n) is 11.5. The van der Waals surface area contributed by atoms with Gasteiger partial charge in [-0.05, 0) is 52.4 Å². The molecule has 3 aliphatic rings. The molecule has 3 fully saturated rings. The molecular weight excluding hydrogens is 606 g/mol. The molecule has 0 N–H and O–H groups in total.